The molecule has 0 aromatic carbocycles. The van der Waals surface area contributed by atoms with Gasteiger partial charge in [-0.2, -0.15) is 0 Å². The summed E-state index contributed by atoms with van der Waals surface area (Å²) in [4.78, 5) is 24.2. The van der Waals surface area contributed by atoms with Crippen LogP contribution in [0.1, 0.15) is 13.8 Å². The van der Waals surface area contributed by atoms with Crippen molar-refractivity contribution < 1.29 is 23.1 Å². The molecule has 0 radical (unpaired) electrons. The summed E-state index contributed by atoms with van der Waals surface area (Å²) in [6, 6.07) is -0.424. The summed E-state index contributed by atoms with van der Waals surface area (Å²) in [5.41, 5.74) is 0. The molecule has 1 saturated heterocycles. The molecule has 1 heterocycles. The quantitative estimate of drug-likeness (QED) is 0.599. The summed E-state index contributed by atoms with van der Waals surface area (Å²) < 4.78 is 25.1. The Hall–Kier alpha value is -1.35. The molecule has 0 aliphatic carbocycles. The van der Waals surface area contributed by atoms with E-state index in [0.29, 0.717) is 13.1 Å². The lowest BCUT2D eigenvalue weighted by molar-refractivity contribution is -0.142. The first kappa shape index (κ1) is 16.7. The summed E-state index contributed by atoms with van der Waals surface area (Å²) in [7, 11) is -3.36. The first-order valence-electron chi connectivity index (χ1n) is 6.49. The number of carbonyl (C=O) groups is 2. The average Bonchev–Trinajstić information content (AvgIpc) is 2.71. The van der Waals surface area contributed by atoms with Crippen molar-refractivity contribution in [2.45, 2.75) is 13.8 Å². The molecule has 116 valence electrons. The molecule has 9 heteroatoms. The summed E-state index contributed by atoms with van der Waals surface area (Å²) in [5, 5.41) is 11.5. The van der Waals surface area contributed by atoms with Gasteiger partial charge in [0.1, 0.15) is 0 Å². The maximum absolute atomic E-state index is 11.8. The molecule has 20 heavy (non-hydrogen) atoms. The van der Waals surface area contributed by atoms with Gasteiger partial charge in [0.05, 0.1) is 11.7 Å². The number of urea groups is 1. The smallest absolute Gasteiger partial charge is 0.317 e. The number of carboxylic acid groups (broad SMARTS) is 1. The van der Waals surface area contributed by atoms with Crippen LogP contribution in [0.3, 0.4) is 0 Å². The molecule has 0 bridgehead atoms. The van der Waals surface area contributed by atoms with Gasteiger partial charge in [-0.1, -0.05) is 13.8 Å². The summed E-state index contributed by atoms with van der Waals surface area (Å²) in [6.07, 6.45) is 0. The van der Waals surface area contributed by atoms with Gasteiger partial charge in [0, 0.05) is 26.2 Å². The summed E-state index contributed by atoms with van der Waals surface area (Å²) in [5.74, 6) is -1.78. The third kappa shape index (κ3) is 4.64. The molecule has 0 spiro atoms. The van der Waals surface area contributed by atoms with Crippen molar-refractivity contribution in [2.75, 3.05) is 31.9 Å². The van der Waals surface area contributed by atoms with Gasteiger partial charge in [0.15, 0.2) is 0 Å². The van der Waals surface area contributed by atoms with Gasteiger partial charge in [-0.05, 0) is 5.92 Å². The highest BCUT2D eigenvalue weighted by Gasteiger charge is 2.36. The van der Waals surface area contributed by atoms with E-state index in [1.807, 2.05) is 0 Å². The van der Waals surface area contributed by atoms with Gasteiger partial charge < -0.3 is 15.3 Å². The van der Waals surface area contributed by atoms with Gasteiger partial charge in [0.25, 0.3) is 0 Å². The Labute approximate surface area is 118 Å². The number of hydrogen-bond acceptors (Lipinski definition) is 4. The lowest BCUT2D eigenvalue weighted by Gasteiger charge is -2.16. The summed E-state index contributed by atoms with van der Waals surface area (Å²) >= 11 is 0. The number of hydrogen-bond donors (Lipinski definition) is 3. The molecular formula is C11H21N3O5S. The molecule has 0 aromatic heterocycles. The van der Waals surface area contributed by atoms with Crippen LogP contribution in [0.5, 0.6) is 0 Å². The number of aliphatic carboxylic acids is 1. The van der Waals surface area contributed by atoms with E-state index in [4.69, 9.17) is 5.11 Å². The number of sulfonamides is 1. The number of nitrogens with zero attached hydrogens (tertiary/aromatic N) is 1. The predicted octanol–water partition coefficient (Wildman–Crippen LogP) is -0.712. The molecule has 0 unspecified atom stereocenters. The summed E-state index contributed by atoms with van der Waals surface area (Å²) in [6.45, 7) is 4.28. The largest absolute Gasteiger partial charge is 0.481 e. The van der Waals surface area contributed by atoms with Crippen molar-refractivity contribution in [3.8, 4) is 0 Å². The van der Waals surface area contributed by atoms with Gasteiger partial charge in [-0.15, -0.1) is 0 Å². The van der Waals surface area contributed by atoms with Gasteiger partial charge in [-0.25, -0.2) is 17.9 Å². The van der Waals surface area contributed by atoms with E-state index in [1.165, 1.54) is 4.90 Å². The number of rotatable bonds is 6. The number of nitrogens with one attached hydrogen (secondary N) is 2. The topological polar surface area (TPSA) is 116 Å². The number of likely N-dealkylation sites (tertiary alicyclic amines) is 1. The molecule has 2 amide bonds. The Morgan fingerprint density at radius 1 is 1.35 bits per heavy atom. The highest BCUT2D eigenvalue weighted by molar-refractivity contribution is 7.89. The number of carboxylic acids is 1. The number of amides is 2. The Balaban J connectivity index is 2.40. The fourth-order valence-electron chi connectivity index (χ4n) is 2.15. The molecule has 2 atom stereocenters. The molecule has 1 aliphatic rings. The van der Waals surface area contributed by atoms with Gasteiger partial charge in [0.2, 0.25) is 10.0 Å². The fourth-order valence-corrected chi connectivity index (χ4v) is 3.11. The van der Waals surface area contributed by atoms with Crippen LogP contribution in [0.25, 0.3) is 0 Å². The van der Waals surface area contributed by atoms with E-state index in [2.05, 4.69) is 10.0 Å². The zero-order valence-electron chi connectivity index (χ0n) is 11.6. The number of carbonyl (C=O) groups excluding carboxylic acids is 1. The van der Waals surface area contributed by atoms with Crippen LogP contribution in [0, 0.1) is 11.8 Å². The van der Waals surface area contributed by atoms with Crippen molar-refractivity contribution in [2.24, 2.45) is 11.8 Å². The van der Waals surface area contributed by atoms with E-state index in [0.717, 1.165) is 0 Å². The van der Waals surface area contributed by atoms with E-state index in [-0.39, 0.29) is 24.8 Å². The lowest BCUT2D eigenvalue weighted by Crippen LogP contribution is -2.42. The minimum atomic E-state index is -3.36. The van der Waals surface area contributed by atoms with Crippen LogP contribution < -0.4 is 10.0 Å². The molecule has 1 fully saturated rings. The Kier molecular flexibility index (Phi) is 5.75. The predicted molar refractivity (Wildman–Crippen MR) is 72.7 cm³/mol. The molecule has 8 nitrogen and oxygen atoms in total. The first-order chi connectivity index (χ1) is 9.26. The molecule has 3 N–H and O–H groups in total. The zero-order chi connectivity index (χ0) is 15.3. The third-order valence-corrected chi connectivity index (χ3v) is 4.70. The van der Waals surface area contributed by atoms with Gasteiger partial charge in [-0.3, -0.25) is 4.79 Å². The molecule has 1 aliphatic heterocycles. The van der Waals surface area contributed by atoms with E-state index in [9.17, 15) is 18.0 Å². The van der Waals surface area contributed by atoms with Crippen LogP contribution in [0.15, 0.2) is 0 Å². The molecule has 0 aromatic rings. The van der Waals surface area contributed by atoms with Crippen LogP contribution in [-0.2, 0) is 14.8 Å². The zero-order valence-corrected chi connectivity index (χ0v) is 12.4. The van der Waals surface area contributed by atoms with E-state index >= 15 is 0 Å². The van der Waals surface area contributed by atoms with Crippen LogP contribution in [-0.4, -0.2) is 62.4 Å². The van der Waals surface area contributed by atoms with Crippen LogP contribution >= 0.6 is 0 Å². The minimum absolute atomic E-state index is 0.00319. The van der Waals surface area contributed by atoms with Crippen molar-refractivity contribution in [3.05, 3.63) is 0 Å². The lowest BCUT2D eigenvalue weighted by atomic mass is 9.99. The highest BCUT2D eigenvalue weighted by atomic mass is 32.2. The SMILES string of the molecule is CCNS(=O)(=O)CCNC(=O)N1C[C@@H](C)[C@H](C(=O)O)C1. The Bertz CT molecular complexity index is 465. The van der Waals surface area contributed by atoms with Crippen molar-refractivity contribution >= 4 is 22.0 Å². The average molecular weight is 307 g/mol. The standard InChI is InChI=1S/C11H21N3O5S/c1-3-13-20(18,19)5-4-12-11(17)14-6-8(2)9(7-14)10(15)16/h8-9,13H,3-7H2,1-2H3,(H,12,17)(H,15,16)/t8-,9-/m1/s1. The van der Waals surface area contributed by atoms with Crippen LogP contribution in [0.2, 0.25) is 0 Å². The highest BCUT2D eigenvalue weighted by Crippen LogP contribution is 2.22. The van der Waals surface area contributed by atoms with Crippen molar-refractivity contribution in [3.63, 3.8) is 0 Å². The second-order valence-electron chi connectivity index (χ2n) is 4.88. The molecule has 0 saturated carbocycles. The first-order valence-corrected chi connectivity index (χ1v) is 8.15. The maximum Gasteiger partial charge on any atom is 0.317 e. The molecule has 1 rings (SSSR count). The third-order valence-electron chi connectivity index (χ3n) is 3.23. The van der Waals surface area contributed by atoms with Crippen LogP contribution in [0.4, 0.5) is 4.79 Å². The van der Waals surface area contributed by atoms with Crippen molar-refractivity contribution in [1.29, 1.82) is 0 Å². The second kappa shape index (κ2) is 6.89. The monoisotopic (exact) mass is 307 g/mol. The fraction of sp³-hybridized carbons (Fsp3) is 0.818. The molecular weight excluding hydrogens is 286 g/mol. The van der Waals surface area contributed by atoms with E-state index in [1.54, 1.807) is 13.8 Å². The Morgan fingerprint density at radius 3 is 2.50 bits per heavy atom. The minimum Gasteiger partial charge on any atom is -0.481 e. The normalized spacial score (nSPS) is 22.8. The van der Waals surface area contributed by atoms with Gasteiger partial charge >= 0.3 is 12.0 Å². The van der Waals surface area contributed by atoms with E-state index < -0.39 is 27.9 Å². The Morgan fingerprint density at radius 2 is 2.00 bits per heavy atom. The van der Waals surface area contributed by atoms with Crippen molar-refractivity contribution in [1.82, 2.24) is 14.9 Å². The maximum atomic E-state index is 11.8. The second-order valence-corrected chi connectivity index (χ2v) is 6.80.